The molecule has 0 aromatic rings. The van der Waals surface area contributed by atoms with Crippen molar-refractivity contribution in [1.29, 1.82) is 0 Å². The lowest BCUT2D eigenvalue weighted by Gasteiger charge is -1.27. The molecular formula is C8H22-2. The molecular weight excluding hydrogens is 96.1 g/mol. The van der Waals surface area contributed by atoms with Crippen molar-refractivity contribution < 1.29 is 0 Å². The molecule has 0 aromatic carbocycles. The van der Waals surface area contributed by atoms with E-state index in [1.165, 1.54) is 0 Å². The molecule has 0 heterocycles. The molecule has 0 rings (SSSR count). The van der Waals surface area contributed by atoms with Crippen molar-refractivity contribution in [3.05, 3.63) is 13.8 Å². The predicted octanol–water partition coefficient (Wildman–Crippen LogP) is 3.73. The average Bonchev–Trinajstić information content (AvgIpc) is 2.03. The van der Waals surface area contributed by atoms with Gasteiger partial charge in [-0.15, -0.1) is 0 Å². The van der Waals surface area contributed by atoms with Crippen LogP contribution in [0.2, 0.25) is 0 Å². The van der Waals surface area contributed by atoms with Crippen LogP contribution in [0, 0.1) is 13.8 Å². The summed E-state index contributed by atoms with van der Waals surface area (Å²) in [5.74, 6) is 0. The third kappa shape index (κ3) is 0. The molecule has 0 aliphatic heterocycles. The van der Waals surface area contributed by atoms with Gasteiger partial charge < -0.3 is 13.8 Å². The van der Waals surface area contributed by atoms with E-state index in [9.17, 15) is 0 Å². The first-order chi connectivity index (χ1) is 4.00. The molecule has 0 heteroatoms. The second-order valence-electron chi connectivity index (χ2n) is 0. The lowest BCUT2D eigenvalue weighted by molar-refractivity contribution is 1.50. The van der Waals surface area contributed by atoms with Gasteiger partial charge >= 0.3 is 0 Å². The summed E-state index contributed by atoms with van der Waals surface area (Å²) < 4.78 is 0. The molecule has 0 aliphatic carbocycles. The number of hydrogen-bond acceptors (Lipinski definition) is 0. The molecule has 0 unspecified atom stereocenters. The summed E-state index contributed by atoms with van der Waals surface area (Å²) in [6, 6.07) is 0. The molecule has 0 saturated carbocycles. The molecule has 0 radical (unpaired) electrons. The summed E-state index contributed by atoms with van der Waals surface area (Å²) >= 11 is 0. The Morgan fingerprint density at radius 1 is 0.500 bits per heavy atom. The topological polar surface area (TPSA) is 0 Å². The fourth-order valence-corrected chi connectivity index (χ4v) is 0. The van der Waals surface area contributed by atoms with Crippen molar-refractivity contribution in [2.24, 2.45) is 0 Å². The standard InChI is InChI=1S/2C2H6.2C2H5/c4*1-2/h2*1-2H3;2*1H2,2H3/q;;2*-1. The minimum absolute atomic E-state index is 1.75. The molecule has 0 aliphatic rings. The Morgan fingerprint density at radius 2 is 0.500 bits per heavy atom. The highest BCUT2D eigenvalue weighted by Gasteiger charge is 0.934. The summed E-state index contributed by atoms with van der Waals surface area (Å²) in [5, 5.41) is 0. The van der Waals surface area contributed by atoms with E-state index in [1.54, 1.807) is 13.8 Å². The maximum atomic E-state index is 3.25. The molecule has 0 fully saturated rings. The van der Waals surface area contributed by atoms with E-state index in [0.29, 0.717) is 0 Å². The van der Waals surface area contributed by atoms with Gasteiger partial charge in [0.1, 0.15) is 0 Å². The number of rotatable bonds is 0. The quantitative estimate of drug-likeness (QED) is 0.425. The van der Waals surface area contributed by atoms with E-state index >= 15 is 0 Å². The van der Waals surface area contributed by atoms with Crippen LogP contribution in [0.1, 0.15) is 41.5 Å². The highest BCUT2D eigenvalue weighted by atomic mass is 13.0. The maximum Gasteiger partial charge on any atom is -0.0683 e. The molecule has 0 N–H and O–H groups in total. The lowest BCUT2D eigenvalue weighted by Crippen LogP contribution is -0.888. The zero-order valence-corrected chi connectivity index (χ0v) is 7.41. The molecule has 0 saturated heterocycles. The third-order valence-corrected chi connectivity index (χ3v) is 0. The van der Waals surface area contributed by atoms with Crippen molar-refractivity contribution in [1.82, 2.24) is 0 Å². The van der Waals surface area contributed by atoms with Gasteiger partial charge in [-0.3, -0.25) is 0 Å². The SMILES string of the molecule is CC.CC.[CH2-]C.[CH2-]C. The summed E-state index contributed by atoms with van der Waals surface area (Å²) in [5.41, 5.74) is 0. The molecule has 0 aromatic heterocycles. The normalized spacial score (nSPS) is 3.00. The fourth-order valence-electron chi connectivity index (χ4n) is 0. The van der Waals surface area contributed by atoms with Gasteiger partial charge in [0.05, 0.1) is 0 Å². The highest BCUT2D eigenvalue weighted by molar-refractivity contribution is 3.94. The Kier molecular flexibility index (Phi) is 0. The Balaban J connectivity index is -0.0000000133. The van der Waals surface area contributed by atoms with Crippen LogP contribution in [0.4, 0.5) is 0 Å². The van der Waals surface area contributed by atoms with E-state index in [0.717, 1.165) is 0 Å². The third-order valence-electron chi connectivity index (χ3n) is 0. The van der Waals surface area contributed by atoms with Gasteiger partial charge in [0.15, 0.2) is 0 Å². The fraction of sp³-hybridized carbons (Fsp3) is 0.750. The largest absolute Gasteiger partial charge is 0.346 e. The summed E-state index contributed by atoms with van der Waals surface area (Å²) in [6.45, 7) is 18.0. The number of hydrogen-bond donors (Lipinski definition) is 0. The smallest absolute Gasteiger partial charge is 0.0683 e. The molecule has 8 heavy (non-hydrogen) atoms. The molecule has 0 bridgehead atoms. The lowest BCUT2D eigenvalue weighted by atomic mass is 11.0. The zero-order chi connectivity index (χ0) is 8.00. The zero-order valence-electron chi connectivity index (χ0n) is 7.41. The van der Waals surface area contributed by atoms with Gasteiger partial charge in [-0.1, -0.05) is 27.7 Å². The van der Waals surface area contributed by atoms with Crippen LogP contribution in [-0.4, -0.2) is 0 Å². The molecule has 56 valence electrons. The molecule has 0 amide bonds. The van der Waals surface area contributed by atoms with Gasteiger partial charge in [0.2, 0.25) is 0 Å². The van der Waals surface area contributed by atoms with Gasteiger partial charge in [-0.05, 0) is 0 Å². The maximum absolute atomic E-state index is 3.25. The molecule has 0 nitrogen and oxygen atoms in total. The summed E-state index contributed by atoms with van der Waals surface area (Å²) in [6.07, 6.45) is 0. The van der Waals surface area contributed by atoms with Gasteiger partial charge in [0.25, 0.3) is 0 Å². The van der Waals surface area contributed by atoms with Crippen LogP contribution in [0.3, 0.4) is 0 Å². The van der Waals surface area contributed by atoms with E-state index in [-0.39, 0.29) is 0 Å². The van der Waals surface area contributed by atoms with Crippen molar-refractivity contribution >= 4 is 0 Å². The Morgan fingerprint density at radius 3 is 0.500 bits per heavy atom. The Hall–Kier alpha value is 0. The minimum atomic E-state index is 1.75. The monoisotopic (exact) mass is 118 g/mol. The van der Waals surface area contributed by atoms with Crippen LogP contribution in [0.5, 0.6) is 0 Å². The van der Waals surface area contributed by atoms with Crippen LogP contribution < -0.4 is 0 Å². The van der Waals surface area contributed by atoms with E-state index in [2.05, 4.69) is 13.8 Å². The summed E-state index contributed by atoms with van der Waals surface area (Å²) in [4.78, 5) is 0. The van der Waals surface area contributed by atoms with Crippen molar-refractivity contribution in [3.63, 3.8) is 0 Å². The highest BCUT2D eigenvalue weighted by Crippen LogP contribution is 1.15. The van der Waals surface area contributed by atoms with E-state index < -0.39 is 0 Å². The van der Waals surface area contributed by atoms with Crippen LogP contribution in [0.25, 0.3) is 0 Å². The average molecular weight is 118 g/mol. The Bertz CT molecular complexity index is 0. The molecule has 0 atom stereocenters. The Labute approximate surface area is 56.3 Å². The van der Waals surface area contributed by atoms with Crippen molar-refractivity contribution in [2.45, 2.75) is 41.5 Å². The minimum Gasteiger partial charge on any atom is -0.346 e. The first kappa shape index (κ1) is 24.5. The second-order valence-corrected chi connectivity index (χ2v) is 0. The van der Waals surface area contributed by atoms with Crippen molar-refractivity contribution in [3.8, 4) is 0 Å². The first-order valence-corrected chi connectivity index (χ1v) is 3.41. The summed E-state index contributed by atoms with van der Waals surface area (Å²) in [7, 11) is 0. The van der Waals surface area contributed by atoms with Crippen LogP contribution in [-0.2, 0) is 0 Å². The van der Waals surface area contributed by atoms with E-state index in [4.69, 9.17) is 0 Å². The van der Waals surface area contributed by atoms with Crippen molar-refractivity contribution in [2.75, 3.05) is 0 Å². The van der Waals surface area contributed by atoms with Crippen LogP contribution in [0.15, 0.2) is 0 Å². The predicted molar refractivity (Wildman–Crippen MR) is 44.8 cm³/mol. The van der Waals surface area contributed by atoms with Gasteiger partial charge in [-0.25, -0.2) is 0 Å². The van der Waals surface area contributed by atoms with Gasteiger partial charge in [0, 0.05) is 0 Å². The second kappa shape index (κ2) is 0. The molecule has 0 spiro atoms. The van der Waals surface area contributed by atoms with E-state index in [1.807, 2.05) is 27.7 Å². The van der Waals surface area contributed by atoms with Gasteiger partial charge in [-0.2, -0.15) is 13.8 Å². The van der Waals surface area contributed by atoms with Crippen LogP contribution >= 0.6 is 0 Å². The first-order valence-electron chi connectivity index (χ1n) is 3.41.